The van der Waals surface area contributed by atoms with Crippen LogP contribution in [0.25, 0.3) is 0 Å². The lowest BCUT2D eigenvalue weighted by atomic mass is 9.85. The summed E-state index contributed by atoms with van der Waals surface area (Å²) in [6, 6.07) is 6.33. The summed E-state index contributed by atoms with van der Waals surface area (Å²) >= 11 is 0. The highest BCUT2D eigenvalue weighted by atomic mass is 16.2. The first-order chi connectivity index (χ1) is 11.5. The van der Waals surface area contributed by atoms with Crippen LogP contribution >= 0.6 is 0 Å². The molecule has 24 heavy (non-hydrogen) atoms. The highest BCUT2D eigenvalue weighted by Gasteiger charge is 2.36. The summed E-state index contributed by atoms with van der Waals surface area (Å²) in [5.74, 6) is 0.410. The van der Waals surface area contributed by atoms with Crippen LogP contribution in [0, 0.1) is 25.7 Å². The second-order valence-corrected chi connectivity index (χ2v) is 7.55. The molecule has 4 heteroatoms. The van der Waals surface area contributed by atoms with Gasteiger partial charge in [-0.05, 0) is 55.9 Å². The number of benzene rings is 1. The number of nitrogens with one attached hydrogen (secondary N) is 1. The number of carbonyl (C=O) groups excluding carboxylic acids is 2. The monoisotopic (exact) mass is 328 g/mol. The van der Waals surface area contributed by atoms with Gasteiger partial charge in [-0.3, -0.25) is 9.59 Å². The molecule has 1 saturated carbocycles. The van der Waals surface area contributed by atoms with Gasteiger partial charge in [0.15, 0.2) is 0 Å². The molecule has 3 atom stereocenters. The standard InChI is InChI=1S/C20H28N2O2/c1-13-8-9-17(10-15(13)3)22-12-16(11-19(22)23)20(24)21-18-7-5-4-6-14(18)2/h8-10,14,16,18H,4-7,11-12H2,1-3H3,(H,21,24)/t14-,16-,18-/m1/s1. The maximum atomic E-state index is 12.6. The van der Waals surface area contributed by atoms with Crippen LogP contribution in [0.3, 0.4) is 0 Å². The van der Waals surface area contributed by atoms with E-state index in [1.807, 2.05) is 25.1 Å². The molecule has 2 fully saturated rings. The van der Waals surface area contributed by atoms with Crippen molar-refractivity contribution in [1.82, 2.24) is 5.32 Å². The summed E-state index contributed by atoms with van der Waals surface area (Å²) in [7, 11) is 0. The van der Waals surface area contributed by atoms with Gasteiger partial charge >= 0.3 is 0 Å². The molecule has 0 radical (unpaired) electrons. The topological polar surface area (TPSA) is 49.4 Å². The van der Waals surface area contributed by atoms with Crippen LogP contribution in [0.1, 0.15) is 50.2 Å². The van der Waals surface area contributed by atoms with Gasteiger partial charge in [0.2, 0.25) is 11.8 Å². The van der Waals surface area contributed by atoms with Crippen LogP contribution in [0.5, 0.6) is 0 Å². The normalized spacial score (nSPS) is 27.4. The lowest BCUT2D eigenvalue weighted by molar-refractivity contribution is -0.127. The minimum absolute atomic E-state index is 0.0495. The number of hydrogen-bond acceptors (Lipinski definition) is 2. The third-order valence-corrected chi connectivity index (χ3v) is 5.74. The summed E-state index contributed by atoms with van der Waals surface area (Å²) in [6.07, 6.45) is 5.02. The van der Waals surface area contributed by atoms with Crippen molar-refractivity contribution in [1.29, 1.82) is 0 Å². The largest absolute Gasteiger partial charge is 0.353 e. The molecule has 0 bridgehead atoms. The highest BCUT2D eigenvalue weighted by molar-refractivity contribution is 6.00. The number of aryl methyl sites for hydroxylation is 2. The minimum Gasteiger partial charge on any atom is -0.353 e. The van der Waals surface area contributed by atoms with Gasteiger partial charge in [0.25, 0.3) is 0 Å². The summed E-state index contributed by atoms with van der Waals surface area (Å²) in [5.41, 5.74) is 3.29. The average Bonchev–Trinajstić information content (AvgIpc) is 2.94. The first kappa shape index (κ1) is 17.0. The fourth-order valence-electron chi connectivity index (χ4n) is 3.86. The van der Waals surface area contributed by atoms with E-state index in [1.165, 1.54) is 30.4 Å². The van der Waals surface area contributed by atoms with Crippen molar-refractivity contribution in [2.75, 3.05) is 11.4 Å². The van der Waals surface area contributed by atoms with E-state index in [4.69, 9.17) is 0 Å². The number of nitrogens with zero attached hydrogens (tertiary/aromatic N) is 1. The molecule has 1 aromatic rings. The Kier molecular flexibility index (Phi) is 4.93. The molecule has 130 valence electrons. The number of amides is 2. The Hall–Kier alpha value is -1.84. The lowest BCUT2D eigenvalue weighted by Crippen LogP contribution is -2.44. The molecular weight excluding hydrogens is 300 g/mol. The molecule has 1 saturated heterocycles. The van der Waals surface area contributed by atoms with E-state index < -0.39 is 0 Å². The summed E-state index contributed by atoms with van der Waals surface area (Å²) < 4.78 is 0. The molecule has 1 aliphatic carbocycles. The molecule has 0 unspecified atom stereocenters. The van der Waals surface area contributed by atoms with Crippen LogP contribution < -0.4 is 10.2 Å². The number of rotatable bonds is 3. The highest BCUT2D eigenvalue weighted by Crippen LogP contribution is 2.28. The van der Waals surface area contributed by atoms with E-state index >= 15 is 0 Å². The number of hydrogen-bond donors (Lipinski definition) is 1. The SMILES string of the molecule is Cc1ccc(N2C[C@H](C(=O)N[C@@H]3CCCC[C@H]3C)CC2=O)cc1C. The predicted molar refractivity (Wildman–Crippen MR) is 95.9 cm³/mol. The van der Waals surface area contributed by atoms with Crippen molar-refractivity contribution >= 4 is 17.5 Å². The Morgan fingerprint density at radius 2 is 1.92 bits per heavy atom. The van der Waals surface area contributed by atoms with Crippen molar-refractivity contribution in [3.05, 3.63) is 29.3 Å². The Bertz CT molecular complexity index is 641. The maximum Gasteiger partial charge on any atom is 0.227 e. The van der Waals surface area contributed by atoms with Gasteiger partial charge < -0.3 is 10.2 Å². The molecule has 3 rings (SSSR count). The Morgan fingerprint density at radius 1 is 1.17 bits per heavy atom. The molecule has 2 aliphatic rings. The molecule has 0 aromatic heterocycles. The molecule has 2 amide bonds. The van der Waals surface area contributed by atoms with Crippen LogP contribution in [0.15, 0.2) is 18.2 Å². The summed E-state index contributed by atoms with van der Waals surface area (Å²) in [4.78, 5) is 26.8. The second kappa shape index (κ2) is 6.96. The maximum absolute atomic E-state index is 12.6. The van der Waals surface area contributed by atoms with Gasteiger partial charge in [-0.1, -0.05) is 25.8 Å². The van der Waals surface area contributed by atoms with Crippen LogP contribution in [-0.4, -0.2) is 24.4 Å². The van der Waals surface area contributed by atoms with Gasteiger partial charge in [-0.25, -0.2) is 0 Å². The quantitative estimate of drug-likeness (QED) is 0.925. The molecule has 1 heterocycles. The third-order valence-electron chi connectivity index (χ3n) is 5.74. The Labute approximate surface area is 144 Å². The third kappa shape index (κ3) is 3.47. The van der Waals surface area contributed by atoms with Crippen molar-refractivity contribution in [3.63, 3.8) is 0 Å². The van der Waals surface area contributed by atoms with Crippen molar-refractivity contribution in [2.24, 2.45) is 11.8 Å². The first-order valence-electron chi connectivity index (χ1n) is 9.13. The molecule has 0 spiro atoms. The Balaban J connectivity index is 1.65. The van der Waals surface area contributed by atoms with Gasteiger partial charge in [0, 0.05) is 24.7 Å². The van der Waals surface area contributed by atoms with Crippen molar-refractivity contribution in [2.45, 2.75) is 58.9 Å². The van der Waals surface area contributed by atoms with E-state index in [9.17, 15) is 9.59 Å². The molecule has 1 N–H and O–H groups in total. The average molecular weight is 328 g/mol. The zero-order chi connectivity index (χ0) is 17.3. The van der Waals surface area contributed by atoms with E-state index in [1.54, 1.807) is 4.90 Å². The molecule has 1 aromatic carbocycles. The van der Waals surface area contributed by atoms with Crippen molar-refractivity contribution in [3.8, 4) is 0 Å². The van der Waals surface area contributed by atoms with E-state index in [-0.39, 0.29) is 23.8 Å². The van der Waals surface area contributed by atoms with Crippen LogP contribution in [0.4, 0.5) is 5.69 Å². The van der Waals surface area contributed by atoms with Crippen LogP contribution in [0.2, 0.25) is 0 Å². The minimum atomic E-state index is -0.228. The zero-order valence-corrected chi connectivity index (χ0v) is 15.0. The zero-order valence-electron chi connectivity index (χ0n) is 15.0. The second-order valence-electron chi connectivity index (χ2n) is 7.55. The van der Waals surface area contributed by atoms with Gasteiger partial charge in [-0.2, -0.15) is 0 Å². The van der Waals surface area contributed by atoms with Gasteiger partial charge in [-0.15, -0.1) is 0 Å². The molecular formula is C20H28N2O2. The summed E-state index contributed by atoms with van der Waals surface area (Å²) in [6.45, 7) is 6.82. The summed E-state index contributed by atoms with van der Waals surface area (Å²) in [5, 5.41) is 3.21. The van der Waals surface area contributed by atoms with E-state index in [0.29, 0.717) is 18.9 Å². The first-order valence-corrected chi connectivity index (χ1v) is 9.13. The smallest absolute Gasteiger partial charge is 0.227 e. The van der Waals surface area contributed by atoms with Crippen LogP contribution in [-0.2, 0) is 9.59 Å². The van der Waals surface area contributed by atoms with E-state index in [2.05, 4.69) is 19.2 Å². The number of carbonyl (C=O) groups is 2. The molecule has 1 aliphatic heterocycles. The van der Waals surface area contributed by atoms with Crippen molar-refractivity contribution < 1.29 is 9.59 Å². The van der Waals surface area contributed by atoms with E-state index in [0.717, 1.165) is 12.1 Å². The lowest BCUT2D eigenvalue weighted by Gasteiger charge is -2.30. The van der Waals surface area contributed by atoms with Gasteiger partial charge in [0.05, 0.1) is 5.92 Å². The fourth-order valence-corrected chi connectivity index (χ4v) is 3.86. The van der Waals surface area contributed by atoms with Gasteiger partial charge in [0.1, 0.15) is 0 Å². The fraction of sp³-hybridized carbons (Fsp3) is 0.600. The number of anilines is 1. The predicted octanol–water partition coefficient (Wildman–Crippen LogP) is 3.35. The Morgan fingerprint density at radius 3 is 2.62 bits per heavy atom. The molecule has 4 nitrogen and oxygen atoms in total.